The minimum Gasteiger partial charge on any atom is -0.310 e. The van der Waals surface area contributed by atoms with Crippen molar-refractivity contribution in [2.45, 2.75) is 5.41 Å². The van der Waals surface area contributed by atoms with E-state index in [2.05, 4.69) is 254 Å². The first-order chi connectivity index (χ1) is 29.8. The Balaban J connectivity index is 1.14. The Labute approximate surface area is 352 Å². The van der Waals surface area contributed by atoms with Crippen molar-refractivity contribution in [1.82, 2.24) is 0 Å². The molecule has 0 amide bonds. The van der Waals surface area contributed by atoms with Crippen molar-refractivity contribution >= 4 is 27.8 Å². The molecule has 0 heterocycles. The van der Waals surface area contributed by atoms with Crippen LogP contribution in [0.3, 0.4) is 0 Å². The third-order valence-corrected chi connectivity index (χ3v) is 12.4. The quantitative estimate of drug-likeness (QED) is 0.149. The van der Waals surface area contributed by atoms with Crippen molar-refractivity contribution in [2.24, 2.45) is 0 Å². The largest absolute Gasteiger partial charge is 0.310 e. The maximum absolute atomic E-state index is 2.46. The Bertz CT molecular complexity index is 3080. The van der Waals surface area contributed by atoms with Crippen LogP contribution in [-0.4, -0.2) is 0 Å². The second-order valence-electron chi connectivity index (χ2n) is 15.6. The molecule has 1 aliphatic carbocycles. The fourth-order valence-corrected chi connectivity index (χ4v) is 9.75. The van der Waals surface area contributed by atoms with Crippen LogP contribution in [0.4, 0.5) is 17.1 Å². The van der Waals surface area contributed by atoms with Gasteiger partial charge in [0.25, 0.3) is 0 Å². The Morgan fingerprint density at radius 1 is 0.300 bits per heavy atom. The van der Waals surface area contributed by atoms with E-state index in [1.165, 1.54) is 77.5 Å². The summed E-state index contributed by atoms with van der Waals surface area (Å²) in [5, 5.41) is 2.49. The van der Waals surface area contributed by atoms with E-state index in [1.807, 2.05) is 0 Å². The van der Waals surface area contributed by atoms with E-state index in [1.54, 1.807) is 0 Å². The summed E-state index contributed by atoms with van der Waals surface area (Å²) in [6.45, 7) is 0. The SMILES string of the molecule is c1ccc(-c2ccccc2N(c2ccc(-c3ccc4ccccc4c3-c3ccccc3)cc2)c2ccc3c(c2)C(c2ccccc2)(c2ccccc2)c2ccccc2-3)cc1. The highest BCUT2D eigenvalue weighted by atomic mass is 15.1. The number of benzene rings is 10. The predicted molar refractivity (Wildman–Crippen MR) is 252 cm³/mol. The van der Waals surface area contributed by atoms with Gasteiger partial charge in [-0.1, -0.05) is 218 Å². The lowest BCUT2D eigenvalue weighted by atomic mass is 9.67. The van der Waals surface area contributed by atoms with Gasteiger partial charge in [-0.25, -0.2) is 0 Å². The molecule has 0 radical (unpaired) electrons. The van der Waals surface area contributed by atoms with E-state index in [0.717, 1.165) is 17.1 Å². The number of para-hydroxylation sites is 1. The summed E-state index contributed by atoms with van der Waals surface area (Å²) < 4.78 is 0. The van der Waals surface area contributed by atoms with Crippen molar-refractivity contribution in [3.63, 3.8) is 0 Å². The first-order valence-electron chi connectivity index (χ1n) is 20.8. The molecular weight excluding hydrogens is 723 g/mol. The summed E-state index contributed by atoms with van der Waals surface area (Å²) in [5.41, 5.74) is 17.6. The number of hydrogen-bond donors (Lipinski definition) is 0. The smallest absolute Gasteiger partial charge is 0.0714 e. The first kappa shape index (κ1) is 35.4. The molecule has 0 spiro atoms. The number of hydrogen-bond acceptors (Lipinski definition) is 1. The fourth-order valence-electron chi connectivity index (χ4n) is 9.75. The molecule has 0 saturated heterocycles. The summed E-state index contributed by atoms with van der Waals surface area (Å²) in [6, 6.07) is 91.0. The number of anilines is 3. The summed E-state index contributed by atoms with van der Waals surface area (Å²) >= 11 is 0. The average Bonchev–Trinajstić information content (AvgIpc) is 3.63. The van der Waals surface area contributed by atoms with Crippen LogP contribution in [0.5, 0.6) is 0 Å². The highest BCUT2D eigenvalue weighted by Crippen LogP contribution is 2.57. The molecule has 282 valence electrons. The lowest BCUT2D eigenvalue weighted by molar-refractivity contribution is 0.768. The second kappa shape index (κ2) is 14.9. The van der Waals surface area contributed by atoms with E-state index in [9.17, 15) is 0 Å². The maximum atomic E-state index is 2.46. The van der Waals surface area contributed by atoms with Gasteiger partial charge in [0.05, 0.1) is 11.1 Å². The van der Waals surface area contributed by atoms with Crippen LogP contribution in [0.1, 0.15) is 22.3 Å². The van der Waals surface area contributed by atoms with Gasteiger partial charge >= 0.3 is 0 Å². The molecule has 0 saturated carbocycles. The van der Waals surface area contributed by atoms with Gasteiger partial charge in [-0.2, -0.15) is 0 Å². The molecule has 1 aliphatic rings. The zero-order valence-electron chi connectivity index (χ0n) is 33.1. The Kier molecular flexibility index (Phi) is 8.79. The van der Waals surface area contributed by atoms with Crippen molar-refractivity contribution in [3.05, 3.63) is 271 Å². The third-order valence-electron chi connectivity index (χ3n) is 12.4. The molecular formula is C59H41N. The molecule has 0 atom stereocenters. The van der Waals surface area contributed by atoms with Crippen LogP contribution < -0.4 is 4.90 Å². The summed E-state index contributed by atoms with van der Waals surface area (Å²) in [4.78, 5) is 2.45. The molecule has 11 rings (SSSR count). The van der Waals surface area contributed by atoms with Gasteiger partial charge in [0.1, 0.15) is 0 Å². The number of nitrogens with zero attached hydrogens (tertiary/aromatic N) is 1. The predicted octanol–water partition coefficient (Wildman–Crippen LogP) is 15.7. The molecule has 60 heavy (non-hydrogen) atoms. The van der Waals surface area contributed by atoms with E-state index in [-0.39, 0.29) is 0 Å². The monoisotopic (exact) mass is 763 g/mol. The molecule has 0 aromatic heterocycles. The number of fused-ring (bicyclic) bond motifs is 4. The highest BCUT2D eigenvalue weighted by Gasteiger charge is 2.46. The van der Waals surface area contributed by atoms with Crippen LogP contribution in [0.25, 0.3) is 55.3 Å². The third kappa shape index (κ3) is 5.78. The van der Waals surface area contributed by atoms with Crippen molar-refractivity contribution in [2.75, 3.05) is 4.90 Å². The molecule has 1 heteroatoms. The van der Waals surface area contributed by atoms with Crippen LogP contribution in [-0.2, 0) is 5.41 Å². The summed E-state index contributed by atoms with van der Waals surface area (Å²) in [7, 11) is 0. The van der Waals surface area contributed by atoms with Gasteiger partial charge in [0, 0.05) is 16.9 Å². The van der Waals surface area contributed by atoms with Crippen LogP contribution in [0.15, 0.2) is 249 Å². The van der Waals surface area contributed by atoms with Gasteiger partial charge in [0.15, 0.2) is 0 Å². The Morgan fingerprint density at radius 2 is 0.800 bits per heavy atom. The van der Waals surface area contributed by atoms with Crippen molar-refractivity contribution < 1.29 is 0 Å². The minimum atomic E-state index is -0.511. The molecule has 1 nitrogen and oxygen atoms in total. The van der Waals surface area contributed by atoms with E-state index >= 15 is 0 Å². The lowest BCUT2D eigenvalue weighted by Gasteiger charge is -2.35. The fraction of sp³-hybridized carbons (Fsp3) is 0.0169. The van der Waals surface area contributed by atoms with Crippen LogP contribution in [0, 0.1) is 0 Å². The molecule has 0 fully saturated rings. The topological polar surface area (TPSA) is 3.24 Å². The van der Waals surface area contributed by atoms with Gasteiger partial charge in [-0.15, -0.1) is 0 Å². The zero-order valence-corrected chi connectivity index (χ0v) is 33.1. The highest BCUT2D eigenvalue weighted by molar-refractivity contribution is 6.04. The van der Waals surface area contributed by atoms with Gasteiger partial charge in [-0.3, -0.25) is 0 Å². The lowest BCUT2D eigenvalue weighted by Crippen LogP contribution is -2.28. The average molecular weight is 764 g/mol. The normalized spacial score (nSPS) is 12.5. The minimum absolute atomic E-state index is 0.511. The van der Waals surface area contributed by atoms with Gasteiger partial charge in [-0.05, 0) is 102 Å². The molecule has 0 unspecified atom stereocenters. The van der Waals surface area contributed by atoms with Crippen molar-refractivity contribution in [1.29, 1.82) is 0 Å². The molecule has 0 bridgehead atoms. The van der Waals surface area contributed by atoms with Crippen LogP contribution >= 0.6 is 0 Å². The van der Waals surface area contributed by atoms with E-state index < -0.39 is 5.41 Å². The Morgan fingerprint density at radius 3 is 1.50 bits per heavy atom. The molecule has 10 aromatic carbocycles. The van der Waals surface area contributed by atoms with E-state index in [4.69, 9.17) is 0 Å². The summed E-state index contributed by atoms with van der Waals surface area (Å²) in [6.07, 6.45) is 0. The number of rotatable bonds is 8. The van der Waals surface area contributed by atoms with Gasteiger partial charge in [0.2, 0.25) is 0 Å². The maximum Gasteiger partial charge on any atom is 0.0714 e. The molecule has 0 aliphatic heterocycles. The van der Waals surface area contributed by atoms with Gasteiger partial charge < -0.3 is 4.90 Å². The molecule has 10 aromatic rings. The van der Waals surface area contributed by atoms with E-state index in [0.29, 0.717) is 0 Å². The molecule has 0 N–H and O–H groups in total. The summed E-state index contributed by atoms with van der Waals surface area (Å²) in [5.74, 6) is 0. The Hall–Kier alpha value is -7.74. The zero-order chi connectivity index (χ0) is 39.9. The van der Waals surface area contributed by atoms with Crippen LogP contribution in [0.2, 0.25) is 0 Å². The standard InChI is InChI=1S/C59H41N/c1-5-19-42(20-6-1)50-28-16-18-32-57(50)60(48-36-33-44(34-37-48)52-39-35-43-21-13-14-29-51(43)58(52)45-22-7-2-8-23-45)49-38-40-54-53-30-15-17-31-55(53)59(56(54)41-49,46-24-9-3-10-25-46)47-26-11-4-12-27-47/h1-41H. The van der Waals surface area contributed by atoms with Crippen molar-refractivity contribution in [3.8, 4) is 44.5 Å². The first-order valence-corrected chi connectivity index (χ1v) is 20.8. The second-order valence-corrected chi connectivity index (χ2v) is 15.6.